The maximum absolute atomic E-state index is 11.2. The van der Waals surface area contributed by atoms with E-state index in [0.29, 0.717) is 17.2 Å². The fourth-order valence-electron chi connectivity index (χ4n) is 2.17. The van der Waals surface area contributed by atoms with E-state index in [9.17, 15) is 14.7 Å². The Labute approximate surface area is 126 Å². The third kappa shape index (κ3) is 4.64. The Morgan fingerprint density at radius 3 is 2.71 bits per heavy atom. The Kier molecular flexibility index (Phi) is 6.50. The van der Waals surface area contributed by atoms with Crippen molar-refractivity contribution in [1.29, 1.82) is 5.41 Å². The van der Waals surface area contributed by atoms with E-state index in [-0.39, 0.29) is 12.1 Å². The number of carboxylic acid groups (broad SMARTS) is 2. The van der Waals surface area contributed by atoms with E-state index in [0.717, 1.165) is 6.34 Å². The molecule has 1 rings (SSSR count). The zero-order valence-electron chi connectivity index (χ0n) is 11.5. The molecule has 0 aliphatic carbocycles. The Morgan fingerprint density at radius 1 is 1.57 bits per heavy atom. The normalized spacial score (nSPS) is 20.6. The summed E-state index contributed by atoms with van der Waals surface area (Å²) in [6, 6.07) is -0.646. The van der Waals surface area contributed by atoms with Crippen molar-refractivity contribution in [2.45, 2.75) is 25.5 Å². The molecule has 0 saturated heterocycles. The number of rotatable bonds is 9. The van der Waals surface area contributed by atoms with Gasteiger partial charge in [0.25, 0.3) is 0 Å². The van der Waals surface area contributed by atoms with Crippen molar-refractivity contribution in [3.63, 3.8) is 0 Å². The second-order valence-corrected chi connectivity index (χ2v) is 5.80. The lowest BCUT2D eigenvalue weighted by molar-refractivity contribution is -0.146. The summed E-state index contributed by atoms with van der Waals surface area (Å²) < 4.78 is 0. The topological polar surface area (TPSA) is 143 Å². The molecule has 1 aliphatic heterocycles. The molecule has 1 heterocycles. The van der Waals surface area contributed by atoms with Crippen LogP contribution in [0.4, 0.5) is 0 Å². The minimum Gasteiger partial charge on any atom is -0.481 e. The van der Waals surface area contributed by atoms with E-state index >= 15 is 0 Å². The van der Waals surface area contributed by atoms with Gasteiger partial charge in [0, 0.05) is 29.7 Å². The summed E-state index contributed by atoms with van der Waals surface area (Å²) in [6.45, 7) is 1.88. The molecule has 0 fully saturated rings. The highest BCUT2D eigenvalue weighted by molar-refractivity contribution is 8.03. The van der Waals surface area contributed by atoms with Crippen molar-refractivity contribution in [2.24, 2.45) is 5.92 Å². The van der Waals surface area contributed by atoms with Gasteiger partial charge in [-0.2, -0.15) is 0 Å². The molecule has 1 aliphatic rings. The summed E-state index contributed by atoms with van der Waals surface area (Å²) in [6.07, 6.45) is 0.217. The number of carboxylic acids is 2. The number of aliphatic hydroxyl groups excluding tert-OH is 1. The SMILES string of the molecule is CC(O)[C@@H](C(=O)O)[C@H]1CC(SCCNC=N)=C(C(=O)O)N1. The average molecular weight is 317 g/mol. The Bertz CT molecular complexity index is 452. The molecular weight excluding hydrogens is 298 g/mol. The molecule has 0 spiro atoms. The summed E-state index contributed by atoms with van der Waals surface area (Å²) >= 11 is 1.30. The Balaban J connectivity index is 2.75. The highest BCUT2D eigenvalue weighted by Gasteiger charge is 2.39. The fraction of sp³-hybridized carbons (Fsp3) is 0.583. The summed E-state index contributed by atoms with van der Waals surface area (Å²) in [4.78, 5) is 23.0. The Morgan fingerprint density at radius 2 is 2.24 bits per heavy atom. The molecule has 21 heavy (non-hydrogen) atoms. The van der Waals surface area contributed by atoms with Gasteiger partial charge in [-0.1, -0.05) is 0 Å². The van der Waals surface area contributed by atoms with Crippen LogP contribution >= 0.6 is 11.8 Å². The lowest BCUT2D eigenvalue weighted by atomic mass is 9.93. The van der Waals surface area contributed by atoms with Crippen LogP contribution in [0.25, 0.3) is 0 Å². The van der Waals surface area contributed by atoms with Crippen LogP contribution in [0.3, 0.4) is 0 Å². The first-order valence-corrected chi connectivity index (χ1v) is 7.36. The molecule has 9 heteroatoms. The van der Waals surface area contributed by atoms with Crippen LogP contribution < -0.4 is 10.6 Å². The first kappa shape index (κ1) is 17.3. The van der Waals surface area contributed by atoms with E-state index in [4.69, 9.17) is 15.6 Å². The minimum atomic E-state index is -1.16. The molecule has 8 nitrogen and oxygen atoms in total. The third-order valence-corrected chi connectivity index (χ3v) is 4.22. The fourth-order valence-corrected chi connectivity index (χ4v) is 3.22. The molecule has 118 valence electrons. The van der Waals surface area contributed by atoms with Gasteiger partial charge in [0.2, 0.25) is 0 Å². The first-order valence-electron chi connectivity index (χ1n) is 6.37. The van der Waals surface area contributed by atoms with Gasteiger partial charge >= 0.3 is 11.9 Å². The molecule has 0 aromatic rings. The number of nitrogens with one attached hydrogen (secondary N) is 3. The van der Waals surface area contributed by atoms with Crippen LogP contribution in [0, 0.1) is 11.3 Å². The third-order valence-electron chi connectivity index (χ3n) is 3.09. The van der Waals surface area contributed by atoms with Crippen LogP contribution in [0.2, 0.25) is 0 Å². The zero-order valence-corrected chi connectivity index (χ0v) is 12.3. The highest BCUT2D eigenvalue weighted by Crippen LogP contribution is 2.33. The average Bonchev–Trinajstić information content (AvgIpc) is 2.77. The number of aliphatic carboxylic acids is 2. The van der Waals surface area contributed by atoms with Crippen LogP contribution in [0.1, 0.15) is 13.3 Å². The molecule has 1 unspecified atom stereocenters. The van der Waals surface area contributed by atoms with Gasteiger partial charge in [-0.3, -0.25) is 10.2 Å². The van der Waals surface area contributed by atoms with Gasteiger partial charge in [0.05, 0.1) is 12.4 Å². The second kappa shape index (κ2) is 7.89. The first-order chi connectivity index (χ1) is 9.88. The zero-order chi connectivity index (χ0) is 16.0. The van der Waals surface area contributed by atoms with Gasteiger partial charge < -0.3 is 26.0 Å². The lowest BCUT2D eigenvalue weighted by Gasteiger charge is -2.23. The van der Waals surface area contributed by atoms with E-state index < -0.39 is 30.0 Å². The molecule has 0 aromatic carbocycles. The van der Waals surface area contributed by atoms with Crippen molar-refractivity contribution in [2.75, 3.05) is 12.3 Å². The summed E-state index contributed by atoms with van der Waals surface area (Å²) in [5, 5.41) is 40.1. The van der Waals surface area contributed by atoms with Gasteiger partial charge in [-0.15, -0.1) is 11.8 Å². The summed E-state index contributed by atoms with van der Waals surface area (Å²) in [7, 11) is 0. The van der Waals surface area contributed by atoms with Crippen LogP contribution in [0.15, 0.2) is 10.6 Å². The predicted octanol–water partition coefficient (Wildman–Crippen LogP) is -0.344. The van der Waals surface area contributed by atoms with E-state index in [1.54, 1.807) is 0 Å². The number of carbonyl (C=O) groups is 2. The maximum atomic E-state index is 11.2. The standard InChI is InChI=1S/C12H19N3O5S/c1-6(16)9(11(17)18)7-4-8(10(15-7)12(19)20)21-3-2-14-5-13/h5-7,9,15-16H,2-4H2,1H3,(H2,13,14)(H,17,18)(H,19,20)/t6?,7-,9-/m1/s1. The van der Waals surface area contributed by atoms with Crippen molar-refractivity contribution in [3.8, 4) is 0 Å². The minimum absolute atomic E-state index is 0.00764. The largest absolute Gasteiger partial charge is 0.481 e. The summed E-state index contributed by atoms with van der Waals surface area (Å²) in [5.74, 6) is -2.82. The smallest absolute Gasteiger partial charge is 0.352 e. The maximum Gasteiger partial charge on any atom is 0.352 e. The molecule has 0 amide bonds. The predicted molar refractivity (Wildman–Crippen MR) is 78.3 cm³/mol. The van der Waals surface area contributed by atoms with Gasteiger partial charge in [-0.25, -0.2) is 4.79 Å². The van der Waals surface area contributed by atoms with Crippen LogP contribution in [-0.4, -0.2) is 58.0 Å². The molecule has 3 atom stereocenters. The van der Waals surface area contributed by atoms with Crippen LogP contribution in [0.5, 0.6) is 0 Å². The molecule has 0 aromatic heterocycles. The molecular formula is C12H19N3O5S. The van der Waals surface area contributed by atoms with Crippen molar-refractivity contribution < 1.29 is 24.9 Å². The lowest BCUT2D eigenvalue weighted by Crippen LogP contribution is -2.43. The van der Waals surface area contributed by atoms with Crippen LogP contribution in [-0.2, 0) is 9.59 Å². The van der Waals surface area contributed by atoms with Crippen molar-refractivity contribution >= 4 is 30.0 Å². The number of hydrogen-bond donors (Lipinski definition) is 6. The van der Waals surface area contributed by atoms with Gasteiger partial charge in [0.1, 0.15) is 11.6 Å². The second-order valence-electron chi connectivity index (χ2n) is 4.61. The summed E-state index contributed by atoms with van der Waals surface area (Å²) in [5.41, 5.74) is -0.00764. The molecule has 6 N–H and O–H groups in total. The van der Waals surface area contributed by atoms with Gasteiger partial charge in [0.15, 0.2) is 0 Å². The van der Waals surface area contributed by atoms with E-state index in [1.165, 1.54) is 18.7 Å². The number of hydrogen-bond acceptors (Lipinski definition) is 6. The van der Waals surface area contributed by atoms with E-state index in [1.807, 2.05) is 0 Å². The molecule has 0 saturated carbocycles. The van der Waals surface area contributed by atoms with Crippen molar-refractivity contribution in [1.82, 2.24) is 10.6 Å². The molecule has 0 radical (unpaired) electrons. The number of thioether (sulfide) groups is 1. The highest BCUT2D eigenvalue weighted by atomic mass is 32.2. The van der Waals surface area contributed by atoms with Crippen molar-refractivity contribution in [3.05, 3.63) is 10.6 Å². The monoisotopic (exact) mass is 317 g/mol. The van der Waals surface area contributed by atoms with Gasteiger partial charge in [-0.05, 0) is 6.92 Å². The Hall–Kier alpha value is -1.74. The number of aliphatic hydroxyl groups is 1. The molecule has 0 bridgehead atoms. The van der Waals surface area contributed by atoms with E-state index in [2.05, 4.69) is 10.6 Å². The quantitative estimate of drug-likeness (QED) is 0.192.